The predicted octanol–water partition coefficient (Wildman–Crippen LogP) is 7.32. The van der Waals surface area contributed by atoms with Crippen molar-refractivity contribution in [2.45, 2.75) is 25.3 Å². The molecule has 1 aliphatic rings. The standard InChI is InChI=1S/C31H25ClF2N2O3/c1-18-8-11-24(12-9-18)39-27-13-10-22(34)16-26(27)30-29(31(38)35-23-7-3-5-20(32)15-23)25(17-28(37)36-30)19-4-2-6-21(33)14-19/h2-16,25,29-30H,17H2,1H3,(H,35,38)(H,36,37)/t25-,29?,30+/m0/s1. The first-order chi connectivity index (χ1) is 18.8. The zero-order valence-electron chi connectivity index (χ0n) is 21.0. The van der Waals surface area contributed by atoms with Gasteiger partial charge in [0.25, 0.3) is 0 Å². The molecule has 1 fully saturated rings. The highest BCUT2D eigenvalue weighted by molar-refractivity contribution is 6.30. The Bertz CT molecular complexity index is 1530. The summed E-state index contributed by atoms with van der Waals surface area (Å²) in [5.41, 5.74) is 2.27. The molecule has 1 saturated heterocycles. The summed E-state index contributed by atoms with van der Waals surface area (Å²) in [6, 6.07) is 22.8. The average Bonchev–Trinajstić information content (AvgIpc) is 2.90. The highest BCUT2D eigenvalue weighted by atomic mass is 35.5. The quantitative estimate of drug-likeness (QED) is 0.266. The maximum Gasteiger partial charge on any atom is 0.230 e. The molecular weight excluding hydrogens is 522 g/mol. The summed E-state index contributed by atoms with van der Waals surface area (Å²) in [6.07, 6.45) is -0.0585. The maximum atomic E-state index is 14.7. The van der Waals surface area contributed by atoms with Crippen molar-refractivity contribution in [1.29, 1.82) is 0 Å². The minimum absolute atomic E-state index is 0.0585. The minimum atomic E-state index is -0.977. The summed E-state index contributed by atoms with van der Waals surface area (Å²) in [7, 11) is 0. The van der Waals surface area contributed by atoms with E-state index in [-0.39, 0.29) is 23.6 Å². The number of rotatable bonds is 6. The number of nitrogens with one attached hydrogen (secondary N) is 2. The highest BCUT2D eigenvalue weighted by Gasteiger charge is 2.44. The van der Waals surface area contributed by atoms with E-state index in [1.54, 1.807) is 42.5 Å². The summed E-state index contributed by atoms with van der Waals surface area (Å²) in [5, 5.41) is 6.17. The molecular formula is C31H25ClF2N2O3. The van der Waals surface area contributed by atoms with Crippen LogP contribution in [-0.4, -0.2) is 11.8 Å². The Kier molecular flexibility index (Phi) is 7.61. The number of aryl methyl sites for hydroxylation is 1. The van der Waals surface area contributed by atoms with Crippen molar-refractivity contribution in [1.82, 2.24) is 5.32 Å². The first kappa shape index (κ1) is 26.4. The molecule has 0 aromatic heterocycles. The van der Waals surface area contributed by atoms with Crippen LogP contribution in [0.2, 0.25) is 5.02 Å². The van der Waals surface area contributed by atoms with Gasteiger partial charge in [-0.3, -0.25) is 9.59 Å². The summed E-state index contributed by atoms with van der Waals surface area (Å²) in [6.45, 7) is 1.94. The van der Waals surface area contributed by atoms with Crippen molar-refractivity contribution in [3.8, 4) is 11.5 Å². The van der Waals surface area contributed by atoms with Crippen molar-refractivity contribution >= 4 is 29.1 Å². The van der Waals surface area contributed by atoms with Crippen molar-refractivity contribution in [3.63, 3.8) is 0 Å². The molecule has 39 heavy (non-hydrogen) atoms. The lowest BCUT2D eigenvalue weighted by molar-refractivity contribution is -0.129. The molecule has 4 aromatic rings. The summed E-state index contributed by atoms with van der Waals surface area (Å²) in [4.78, 5) is 26.9. The van der Waals surface area contributed by atoms with E-state index in [4.69, 9.17) is 16.3 Å². The van der Waals surface area contributed by atoms with Gasteiger partial charge in [0.05, 0.1) is 12.0 Å². The van der Waals surface area contributed by atoms with Crippen molar-refractivity contribution in [2.24, 2.45) is 5.92 Å². The number of ether oxygens (including phenoxy) is 1. The summed E-state index contributed by atoms with van der Waals surface area (Å²) in [5.74, 6) is -2.69. The van der Waals surface area contributed by atoms with Crippen LogP contribution in [0.3, 0.4) is 0 Å². The van der Waals surface area contributed by atoms with Crippen molar-refractivity contribution in [3.05, 3.63) is 124 Å². The van der Waals surface area contributed by atoms with Gasteiger partial charge in [0.15, 0.2) is 0 Å². The van der Waals surface area contributed by atoms with Gasteiger partial charge in [0.1, 0.15) is 23.1 Å². The first-order valence-electron chi connectivity index (χ1n) is 12.4. The van der Waals surface area contributed by atoms with Crippen LogP contribution in [0.25, 0.3) is 0 Å². The Morgan fingerprint density at radius 2 is 1.69 bits per heavy atom. The van der Waals surface area contributed by atoms with E-state index in [9.17, 15) is 18.4 Å². The Morgan fingerprint density at radius 3 is 2.44 bits per heavy atom. The Labute approximate surface area is 229 Å². The molecule has 1 unspecified atom stereocenters. The molecule has 8 heteroatoms. The number of carbonyl (C=O) groups excluding carboxylic acids is 2. The van der Waals surface area contributed by atoms with Gasteiger partial charge in [-0.25, -0.2) is 8.78 Å². The van der Waals surface area contributed by atoms with E-state index in [1.165, 1.54) is 36.4 Å². The molecule has 4 aromatic carbocycles. The smallest absolute Gasteiger partial charge is 0.230 e. The predicted molar refractivity (Wildman–Crippen MR) is 146 cm³/mol. The van der Waals surface area contributed by atoms with Gasteiger partial charge in [-0.2, -0.15) is 0 Å². The van der Waals surface area contributed by atoms with Crippen LogP contribution >= 0.6 is 11.6 Å². The number of hydrogen-bond donors (Lipinski definition) is 2. The molecule has 5 nitrogen and oxygen atoms in total. The fourth-order valence-electron chi connectivity index (χ4n) is 4.93. The number of halogens is 3. The monoisotopic (exact) mass is 546 g/mol. The fraction of sp³-hybridized carbons (Fsp3) is 0.161. The molecule has 0 radical (unpaired) electrons. The van der Waals surface area contributed by atoms with Gasteiger partial charge in [-0.1, -0.05) is 47.5 Å². The lowest BCUT2D eigenvalue weighted by atomic mass is 9.73. The van der Waals surface area contributed by atoms with E-state index in [2.05, 4.69) is 10.6 Å². The molecule has 5 rings (SSSR count). The molecule has 1 aliphatic heterocycles. The lowest BCUT2D eigenvalue weighted by Gasteiger charge is -2.38. The molecule has 1 heterocycles. The van der Waals surface area contributed by atoms with Crippen LogP contribution in [0.1, 0.15) is 35.1 Å². The van der Waals surface area contributed by atoms with E-state index in [0.717, 1.165) is 5.56 Å². The second-order valence-electron chi connectivity index (χ2n) is 9.53. The number of carbonyl (C=O) groups is 2. The molecule has 0 aliphatic carbocycles. The van der Waals surface area contributed by atoms with Gasteiger partial charge in [0.2, 0.25) is 11.8 Å². The Hall–Kier alpha value is -4.23. The molecule has 2 N–H and O–H groups in total. The number of piperidine rings is 1. The van der Waals surface area contributed by atoms with Crippen LogP contribution in [-0.2, 0) is 9.59 Å². The third kappa shape index (κ3) is 6.10. The fourth-order valence-corrected chi connectivity index (χ4v) is 5.12. The average molecular weight is 547 g/mol. The van der Waals surface area contributed by atoms with Crippen molar-refractivity contribution < 1.29 is 23.1 Å². The summed E-state index contributed by atoms with van der Waals surface area (Å²) < 4.78 is 35.0. The highest BCUT2D eigenvalue weighted by Crippen LogP contribution is 2.44. The summed E-state index contributed by atoms with van der Waals surface area (Å²) >= 11 is 6.12. The van der Waals surface area contributed by atoms with Crippen molar-refractivity contribution in [2.75, 3.05) is 5.32 Å². The molecule has 0 bridgehead atoms. The van der Waals surface area contributed by atoms with Gasteiger partial charge in [0, 0.05) is 28.6 Å². The van der Waals surface area contributed by atoms with E-state index < -0.39 is 35.4 Å². The third-order valence-electron chi connectivity index (χ3n) is 6.74. The van der Waals surface area contributed by atoms with E-state index in [1.807, 2.05) is 19.1 Å². The zero-order chi connectivity index (χ0) is 27.5. The van der Waals surface area contributed by atoms with Crippen LogP contribution < -0.4 is 15.4 Å². The third-order valence-corrected chi connectivity index (χ3v) is 6.98. The number of anilines is 1. The molecule has 2 amide bonds. The first-order valence-corrected chi connectivity index (χ1v) is 12.8. The molecule has 0 saturated carbocycles. The molecule has 198 valence electrons. The van der Waals surface area contributed by atoms with Gasteiger partial charge in [-0.15, -0.1) is 0 Å². The van der Waals surface area contributed by atoms with Gasteiger partial charge < -0.3 is 15.4 Å². The maximum absolute atomic E-state index is 14.7. The largest absolute Gasteiger partial charge is 0.457 e. The molecule has 3 atom stereocenters. The number of amides is 2. The second kappa shape index (κ2) is 11.3. The van der Waals surface area contributed by atoms with E-state index in [0.29, 0.717) is 22.0 Å². The van der Waals surface area contributed by atoms with E-state index >= 15 is 0 Å². The molecule has 0 spiro atoms. The topological polar surface area (TPSA) is 67.4 Å². The van der Waals surface area contributed by atoms with Crippen LogP contribution in [0.4, 0.5) is 14.5 Å². The van der Waals surface area contributed by atoms with Gasteiger partial charge >= 0.3 is 0 Å². The van der Waals surface area contributed by atoms with Crippen LogP contribution in [0.15, 0.2) is 91.0 Å². The second-order valence-corrected chi connectivity index (χ2v) is 9.97. The Morgan fingerprint density at radius 1 is 0.949 bits per heavy atom. The Balaban J connectivity index is 1.60. The zero-order valence-corrected chi connectivity index (χ0v) is 21.7. The number of benzene rings is 4. The van der Waals surface area contributed by atoms with Crippen LogP contribution in [0.5, 0.6) is 11.5 Å². The SMILES string of the molecule is Cc1ccc(Oc2ccc(F)cc2[C@H]2NC(=O)C[C@@H](c3cccc(F)c3)C2C(=O)Nc2cccc(Cl)c2)cc1. The number of hydrogen-bond acceptors (Lipinski definition) is 3. The lowest BCUT2D eigenvalue weighted by Crippen LogP contribution is -2.47. The normalized spacial score (nSPS) is 18.8. The van der Waals surface area contributed by atoms with Gasteiger partial charge in [-0.05, 0) is 73.2 Å². The van der Waals surface area contributed by atoms with Crippen LogP contribution in [0, 0.1) is 24.5 Å². The minimum Gasteiger partial charge on any atom is -0.457 e.